The number of hydrogen-bond acceptors (Lipinski definition) is 4. The Hall–Kier alpha value is -1.95. The van der Waals surface area contributed by atoms with Gasteiger partial charge in [0.25, 0.3) is 0 Å². The van der Waals surface area contributed by atoms with Gasteiger partial charge in [0.2, 0.25) is 0 Å². The summed E-state index contributed by atoms with van der Waals surface area (Å²) in [4.78, 5) is 16.3. The first kappa shape index (κ1) is 19.4. The molecule has 0 aromatic heterocycles. The smallest absolute Gasteiger partial charge is 0.317 e. The molecule has 1 aliphatic rings. The summed E-state index contributed by atoms with van der Waals surface area (Å²) in [6.45, 7) is 6.28. The molecule has 6 nitrogen and oxygen atoms in total. The van der Waals surface area contributed by atoms with Gasteiger partial charge >= 0.3 is 6.03 Å². The van der Waals surface area contributed by atoms with Crippen LogP contribution in [0.25, 0.3) is 0 Å². The van der Waals surface area contributed by atoms with Crippen LogP contribution in [0.2, 0.25) is 0 Å². The van der Waals surface area contributed by atoms with E-state index in [1.807, 2.05) is 31.3 Å². The summed E-state index contributed by atoms with van der Waals surface area (Å²) < 4.78 is 11.0. The predicted octanol–water partition coefficient (Wildman–Crippen LogP) is 2.45. The number of rotatable bonds is 8. The molecule has 2 rings (SSSR count). The van der Waals surface area contributed by atoms with E-state index in [4.69, 9.17) is 9.47 Å². The number of amides is 2. The summed E-state index contributed by atoms with van der Waals surface area (Å²) in [5.74, 6) is 1.46. The molecule has 1 heterocycles. The molecule has 1 fully saturated rings. The van der Waals surface area contributed by atoms with E-state index in [-0.39, 0.29) is 11.4 Å². The average molecular weight is 349 g/mol. The zero-order valence-electron chi connectivity index (χ0n) is 15.9. The minimum atomic E-state index is -0.0203. The SMILES string of the molecule is COc1ccccc1OCCCN(C)C(=O)NC[C@]1(C)CCN(C)C1. The maximum absolute atomic E-state index is 12.2. The van der Waals surface area contributed by atoms with Gasteiger partial charge in [0.15, 0.2) is 11.5 Å². The highest BCUT2D eigenvalue weighted by Crippen LogP contribution is 2.28. The molecule has 25 heavy (non-hydrogen) atoms. The van der Waals surface area contributed by atoms with Crippen LogP contribution >= 0.6 is 0 Å². The molecule has 0 spiro atoms. The molecule has 2 amide bonds. The molecule has 140 valence electrons. The van der Waals surface area contributed by atoms with E-state index in [2.05, 4.69) is 24.2 Å². The van der Waals surface area contributed by atoms with E-state index in [0.29, 0.717) is 13.2 Å². The summed E-state index contributed by atoms with van der Waals surface area (Å²) in [5, 5.41) is 3.06. The van der Waals surface area contributed by atoms with Crippen LogP contribution in [0, 0.1) is 5.41 Å². The summed E-state index contributed by atoms with van der Waals surface area (Å²) >= 11 is 0. The third-order valence-corrected chi connectivity index (χ3v) is 4.73. The molecule has 1 aliphatic heterocycles. The van der Waals surface area contributed by atoms with Gasteiger partial charge in [-0.05, 0) is 44.0 Å². The van der Waals surface area contributed by atoms with Gasteiger partial charge in [-0.3, -0.25) is 0 Å². The Morgan fingerprint density at radius 1 is 1.36 bits per heavy atom. The van der Waals surface area contributed by atoms with Crippen molar-refractivity contribution in [3.63, 3.8) is 0 Å². The van der Waals surface area contributed by atoms with Crippen molar-refractivity contribution < 1.29 is 14.3 Å². The highest BCUT2D eigenvalue weighted by molar-refractivity contribution is 5.73. The van der Waals surface area contributed by atoms with Gasteiger partial charge in [-0.1, -0.05) is 19.1 Å². The monoisotopic (exact) mass is 349 g/mol. The number of nitrogens with one attached hydrogen (secondary N) is 1. The average Bonchev–Trinajstić information content (AvgIpc) is 2.96. The molecular formula is C19H31N3O3. The Morgan fingerprint density at radius 2 is 2.08 bits per heavy atom. The van der Waals surface area contributed by atoms with E-state index >= 15 is 0 Å². The van der Waals surface area contributed by atoms with Crippen LogP contribution in [0.4, 0.5) is 4.79 Å². The van der Waals surface area contributed by atoms with Crippen LogP contribution < -0.4 is 14.8 Å². The van der Waals surface area contributed by atoms with E-state index in [0.717, 1.165) is 44.0 Å². The standard InChI is InChI=1S/C19H31N3O3/c1-19(10-12-21(2)15-19)14-20-18(23)22(3)11-7-13-25-17-9-6-5-8-16(17)24-4/h5-6,8-9H,7,10-15H2,1-4H3,(H,20,23)/t19-/m0/s1. The first-order chi connectivity index (χ1) is 11.9. The van der Waals surface area contributed by atoms with Gasteiger partial charge in [0.05, 0.1) is 13.7 Å². The quantitative estimate of drug-likeness (QED) is 0.733. The van der Waals surface area contributed by atoms with Crippen LogP contribution in [0.5, 0.6) is 11.5 Å². The largest absolute Gasteiger partial charge is 0.493 e. The number of methoxy groups -OCH3 is 1. The minimum absolute atomic E-state index is 0.0203. The molecule has 1 aromatic carbocycles. The third-order valence-electron chi connectivity index (χ3n) is 4.73. The summed E-state index contributed by atoms with van der Waals surface area (Å²) in [5.41, 5.74) is 0.179. The van der Waals surface area contributed by atoms with Crippen molar-refractivity contribution in [2.75, 3.05) is 54.0 Å². The summed E-state index contributed by atoms with van der Waals surface area (Å²) in [6.07, 6.45) is 1.89. The predicted molar refractivity (Wildman–Crippen MR) is 99.4 cm³/mol. The Balaban J connectivity index is 1.66. The van der Waals surface area contributed by atoms with Crippen LogP contribution in [0.15, 0.2) is 24.3 Å². The van der Waals surface area contributed by atoms with Gasteiger partial charge < -0.3 is 24.6 Å². The normalized spacial score (nSPS) is 20.3. The van der Waals surface area contributed by atoms with Crippen molar-refractivity contribution in [1.82, 2.24) is 15.1 Å². The van der Waals surface area contributed by atoms with Crippen molar-refractivity contribution in [3.8, 4) is 11.5 Å². The Morgan fingerprint density at radius 3 is 2.72 bits per heavy atom. The topological polar surface area (TPSA) is 54.0 Å². The van der Waals surface area contributed by atoms with Gasteiger partial charge in [-0.2, -0.15) is 0 Å². The van der Waals surface area contributed by atoms with Crippen molar-refractivity contribution in [2.24, 2.45) is 5.41 Å². The number of urea groups is 1. The van der Waals surface area contributed by atoms with E-state index < -0.39 is 0 Å². The summed E-state index contributed by atoms with van der Waals surface area (Å²) in [7, 11) is 5.57. The lowest BCUT2D eigenvalue weighted by Crippen LogP contribution is -2.43. The lowest BCUT2D eigenvalue weighted by Gasteiger charge is -2.26. The molecule has 0 bridgehead atoms. The lowest BCUT2D eigenvalue weighted by atomic mass is 9.90. The fourth-order valence-electron chi connectivity index (χ4n) is 3.16. The van der Waals surface area contributed by atoms with Gasteiger partial charge in [0, 0.05) is 26.7 Å². The van der Waals surface area contributed by atoms with Gasteiger partial charge in [-0.15, -0.1) is 0 Å². The van der Waals surface area contributed by atoms with Crippen molar-refractivity contribution in [3.05, 3.63) is 24.3 Å². The second-order valence-corrected chi connectivity index (χ2v) is 7.23. The van der Waals surface area contributed by atoms with Crippen molar-refractivity contribution >= 4 is 6.03 Å². The second kappa shape index (κ2) is 8.94. The zero-order chi connectivity index (χ0) is 18.3. The highest BCUT2D eigenvalue weighted by atomic mass is 16.5. The summed E-state index contributed by atoms with van der Waals surface area (Å²) in [6, 6.07) is 7.56. The van der Waals surface area contributed by atoms with Gasteiger partial charge in [0.1, 0.15) is 0 Å². The Labute approximate surface area is 151 Å². The Bertz CT molecular complexity index is 567. The molecule has 0 saturated carbocycles. The van der Waals surface area contributed by atoms with E-state index in [1.54, 1.807) is 12.0 Å². The van der Waals surface area contributed by atoms with Crippen LogP contribution in [0.3, 0.4) is 0 Å². The molecule has 0 aliphatic carbocycles. The first-order valence-electron chi connectivity index (χ1n) is 8.87. The minimum Gasteiger partial charge on any atom is -0.493 e. The molecule has 1 N–H and O–H groups in total. The number of carbonyl (C=O) groups excluding carboxylic acids is 1. The first-order valence-corrected chi connectivity index (χ1v) is 8.87. The molecule has 1 aromatic rings. The molecule has 0 unspecified atom stereocenters. The Kier molecular flexibility index (Phi) is 6.93. The third kappa shape index (κ3) is 5.81. The maximum atomic E-state index is 12.2. The molecule has 1 saturated heterocycles. The molecule has 1 atom stereocenters. The number of para-hydroxylation sites is 2. The fraction of sp³-hybridized carbons (Fsp3) is 0.632. The van der Waals surface area contributed by atoms with Crippen LogP contribution in [-0.2, 0) is 0 Å². The van der Waals surface area contributed by atoms with Crippen LogP contribution in [-0.4, -0.2) is 69.8 Å². The number of benzene rings is 1. The number of carbonyl (C=O) groups is 1. The lowest BCUT2D eigenvalue weighted by molar-refractivity contribution is 0.195. The molecule has 6 heteroatoms. The maximum Gasteiger partial charge on any atom is 0.317 e. The number of ether oxygens (including phenoxy) is 2. The van der Waals surface area contributed by atoms with Gasteiger partial charge in [-0.25, -0.2) is 4.79 Å². The highest BCUT2D eigenvalue weighted by Gasteiger charge is 2.32. The fourth-order valence-corrected chi connectivity index (χ4v) is 3.16. The van der Waals surface area contributed by atoms with E-state index in [9.17, 15) is 4.79 Å². The molecule has 0 radical (unpaired) electrons. The van der Waals surface area contributed by atoms with E-state index in [1.165, 1.54) is 0 Å². The van der Waals surface area contributed by atoms with Crippen molar-refractivity contribution in [2.45, 2.75) is 19.8 Å². The second-order valence-electron chi connectivity index (χ2n) is 7.23. The number of hydrogen-bond donors (Lipinski definition) is 1. The number of nitrogens with zero attached hydrogens (tertiary/aromatic N) is 2. The van der Waals surface area contributed by atoms with Crippen molar-refractivity contribution in [1.29, 1.82) is 0 Å². The zero-order valence-corrected chi connectivity index (χ0v) is 15.9. The van der Waals surface area contributed by atoms with Crippen LogP contribution in [0.1, 0.15) is 19.8 Å². The molecular weight excluding hydrogens is 318 g/mol. The number of likely N-dealkylation sites (tertiary alicyclic amines) is 1.